The van der Waals surface area contributed by atoms with Crippen molar-refractivity contribution >= 4 is 29.3 Å². The van der Waals surface area contributed by atoms with Crippen LogP contribution < -0.4 is 5.32 Å². The van der Waals surface area contributed by atoms with Crippen molar-refractivity contribution in [3.63, 3.8) is 0 Å². The molecule has 0 aliphatic heterocycles. The van der Waals surface area contributed by atoms with Crippen LogP contribution >= 0.6 is 23.4 Å². The van der Waals surface area contributed by atoms with E-state index < -0.39 is 0 Å². The average molecular weight is 377 g/mol. The van der Waals surface area contributed by atoms with Crippen molar-refractivity contribution in [3.05, 3.63) is 41.9 Å². The number of halogens is 1. The van der Waals surface area contributed by atoms with E-state index in [2.05, 4.69) is 22.1 Å². The highest BCUT2D eigenvalue weighted by Gasteiger charge is 2.19. The molecule has 7 heteroatoms. The molecule has 1 aliphatic carbocycles. The molecule has 0 spiro atoms. The smallest absolute Gasteiger partial charge is 0.230 e. The summed E-state index contributed by atoms with van der Waals surface area (Å²) in [6, 6.07) is 7.86. The lowest BCUT2D eigenvalue weighted by molar-refractivity contribution is -0.119. The van der Waals surface area contributed by atoms with Crippen molar-refractivity contribution in [2.24, 2.45) is 0 Å². The Bertz CT molecular complexity index is 755. The number of thioether (sulfide) groups is 1. The van der Waals surface area contributed by atoms with Crippen LogP contribution in [0, 0.1) is 0 Å². The number of rotatable bonds is 7. The molecule has 0 unspecified atom stereocenters. The Morgan fingerprint density at radius 1 is 1.36 bits per heavy atom. The Morgan fingerprint density at radius 2 is 2.12 bits per heavy atom. The third-order valence-electron chi connectivity index (χ3n) is 4.20. The normalized spacial score (nSPS) is 14.6. The molecule has 1 aliphatic rings. The number of carbonyl (C=O) groups excluding carboxylic acids is 1. The van der Waals surface area contributed by atoms with E-state index in [9.17, 15) is 4.79 Å². The molecular weight excluding hydrogens is 356 g/mol. The lowest BCUT2D eigenvalue weighted by Gasteiger charge is -2.12. The molecule has 25 heavy (non-hydrogen) atoms. The summed E-state index contributed by atoms with van der Waals surface area (Å²) in [5.41, 5.74) is 0.820. The van der Waals surface area contributed by atoms with Gasteiger partial charge in [-0.05, 0) is 25.0 Å². The van der Waals surface area contributed by atoms with Crippen LogP contribution in [0.2, 0.25) is 5.02 Å². The van der Waals surface area contributed by atoms with Gasteiger partial charge < -0.3 is 5.32 Å². The van der Waals surface area contributed by atoms with Crippen molar-refractivity contribution in [2.45, 2.75) is 43.4 Å². The van der Waals surface area contributed by atoms with E-state index in [1.807, 2.05) is 28.8 Å². The fourth-order valence-corrected chi connectivity index (χ4v) is 3.98. The SMILES string of the molecule is C=CCn1c(SCC(=O)NC2CCCC2)nnc1-c1ccccc1Cl. The van der Waals surface area contributed by atoms with Gasteiger partial charge in [0.05, 0.1) is 10.8 Å². The molecule has 0 atom stereocenters. The lowest BCUT2D eigenvalue weighted by atomic mass is 10.2. The number of nitrogens with one attached hydrogen (secondary N) is 1. The van der Waals surface area contributed by atoms with E-state index in [1.165, 1.54) is 24.6 Å². The van der Waals surface area contributed by atoms with Gasteiger partial charge in [0, 0.05) is 18.2 Å². The van der Waals surface area contributed by atoms with Gasteiger partial charge in [0.15, 0.2) is 11.0 Å². The van der Waals surface area contributed by atoms with E-state index in [-0.39, 0.29) is 5.91 Å². The molecule has 1 aromatic carbocycles. The highest BCUT2D eigenvalue weighted by molar-refractivity contribution is 7.99. The van der Waals surface area contributed by atoms with Gasteiger partial charge >= 0.3 is 0 Å². The summed E-state index contributed by atoms with van der Waals surface area (Å²) in [5, 5.41) is 12.9. The molecular formula is C18H21ClN4OS. The Balaban J connectivity index is 1.72. The van der Waals surface area contributed by atoms with Crippen molar-refractivity contribution < 1.29 is 4.79 Å². The van der Waals surface area contributed by atoms with E-state index in [1.54, 1.807) is 6.08 Å². The molecule has 1 fully saturated rings. The number of hydrogen-bond donors (Lipinski definition) is 1. The molecule has 132 valence electrons. The van der Waals surface area contributed by atoms with Crippen molar-refractivity contribution in [3.8, 4) is 11.4 Å². The number of hydrogen-bond acceptors (Lipinski definition) is 4. The Morgan fingerprint density at radius 3 is 2.84 bits per heavy atom. The quantitative estimate of drug-likeness (QED) is 0.587. The lowest BCUT2D eigenvalue weighted by Crippen LogP contribution is -2.33. The number of amides is 1. The minimum atomic E-state index is 0.0457. The highest BCUT2D eigenvalue weighted by atomic mass is 35.5. The van der Waals surface area contributed by atoms with Crippen LogP contribution in [-0.2, 0) is 11.3 Å². The second-order valence-corrected chi connectivity index (χ2v) is 7.37. The number of nitrogens with zero attached hydrogens (tertiary/aromatic N) is 3. The first-order valence-electron chi connectivity index (χ1n) is 8.40. The standard InChI is InChI=1S/C18H21ClN4OS/c1-2-11-23-17(14-9-5-6-10-15(14)19)21-22-18(23)25-12-16(24)20-13-7-3-4-8-13/h2,5-6,9-10,13H,1,3-4,7-8,11-12H2,(H,20,24). The van der Waals surface area contributed by atoms with E-state index in [4.69, 9.17) is 11.6 Å². The summed E-state index contributed by atoms with van der Waals surface area (Å²) < 4.78 is 1.93. The monoisotopic (exact) mass is 376 g/mol. The third kappa shape index (κ3) is 4.44. The highest BCUT2D eigenvalue weighted by Crippen LogP contribution is 2.29. The first-order chi connectivity index (χ1) is 12.2. The molecule has 0 bridgehead atoms. The Hall–Kier alpha value is -1.79. The molecule has 5 nitrogen and oxygen atoms in total. The van der Waals surface area contributed by atoms with Gasteiger partial charge in [-0.15, -0.1) is 16.8 Å². The van der Waals surface area contributed by atoms with Crippen LogP contribution in [0.15, 0.2) is 42.1 Å². The Kier molecular flexibility index (Phi) is 6.15. The van der Waals surface area contributed by atoms with E-state index in [0.29, 0.717) is 34.3 Å². The molecule has 1 aromatic heterocycles. The first-order valence-corrected chi connectivity index (χ1v) is 9.76. The molecule has 0 saturated heterocycles. The van der Waals surface area contributed by atoms with Crippen molar-refractivity contribution in [1.82, 2.24) is 20.1 Å². The van der Waals surface area contributed by atoms with Gasteiger partial charge in [0.1, 0.15) is 0 Å². The zero-order valence-corrected chi connectivity index (χ0v) is 15.5. The molecule has 1 amide bonds. The summed E-state index contributed by atoms with van der Waals surface area (Å²) in [4.78, 5) is 12.1. The molecule has 1 heterocycles. The predicted molar refractivity (Wildman–Crippen MR) is 102 cm³/mol. The van der Waals surface area contributed by atoms with Crippen LogP contribution in [0.25, 0.3) is 11.4 Å². The van der Waals surface area contributed by atoms with Gasteiger partial charge in [-0.3, -0.25) is 9.36 Å². The van der Waals surface area contributed by atoms with Gasteiger partial charge in [0.25, 0.3) is 0 Å². The predicted octanol–water partition coefficient (Wildman–Crippen LogP) is 3.94. The topological polar surface area (TPSA) is 59.8 Å². The zero-order chi connectivity index (χ0) is 17.6. The van der Waals surface area contributed by atoms with Crippen molar-refractivity contribution in [1.29, 1.82) is 0 Å². The van der Waals surface area contributed by atoms with Crippen molar-refractivity contribution in [2.75, 3.05) is 5.75 Å². The van der Waals surface area contributed by atoms with Crippen LogP contribution in [0.4, 0.5) is 0 Å². The number of benzene rings is 1. The summed E-state index contributed by atoms with van der Waals surface area (Å²) in [7, 11) is 0. The molecule has 1 N–H and O–H groups in total. The molecule has 1 saturated carbocycles. The summed E-state index contributed by atoms with van der Waals surface area (Å²) >= 11 is 7.67. The largest absolute Gasteiger partial charge is 0.353 e. The summed E-state index contributed by atoms with van der Waals surface area (Å²) in [5.74, 6) is 1.06. The minimum Gasteiger partial charge on any atom is -0.353 e. The molecule has 2 aromatic rings. The number of aromatic nitrogens is 3. The maximum absolute atomic E-state index is 12.1. The fourth-order valence-electron chi connectivity index (χ4n) is 3.00. The van der Waals surface area contributed by atoms with Gasteiger partial charge in [-0.1, -0.05) is 54.4 Å². The number of carbonyl (C=O) groups is 1. The average Bonchev–Trinajstić information content (AvgIpc) is 3.24. The van der Waals surface area contributed by atoms with Gasteiger partial charge in [0.2, 0.25) is 5.91 Å². The fraction of sp³-hybridized carbons (Fsp3) is 0.389. The second kappa shape index (κ2) is 8.54. The van der Waals surface area contributed by atoms with E-state index >= 15 is 0 Å². The van der Waals surface area contributed by atoms with Gasteiger partial charge in [-0.2, -0.15) is 0 Å². The molecule has 0 radical (unpaired) electrons. The van der Waals surface area contributed by atoms with E-state index in [0.717, 1.165) is 18.4 Å². The Labute approximate surface area is 156 Å². The van der Waals surface area contributed by atoms with Crippen LogP contribution in [0.3, 0.4) is 0 Å². The summed E-state index contributed by atoms with van der Waals surface area (Å²) in [6.07, 6.45) is 6.35. The maximum atomic E-state index is 12.1. The second-order valence-electron chi connectivity index (χ2n) is 6.02. The maximum Gasteiger partial charge on any atom is 0.230 e. The zero-order valence-electron chi connectivity index (χ0n) is 13.9. The number of allylic oxidation sites excluding steroid dienone is 1. The summed E-state index contributed by atoms with van der Waals surface area (Å²) in [6.45, 7) is 4.36. The van der Waals surface area contributed by atoms with Gasteiger partial charge in [-0.25, -0.2) is 0 Å². The minimum absolute atomic E-state index is 0.0457. The molecule has 3 rings (SSSR count). The first kappa shape index (κ1) is 18.0. The van der Waals surface area contributed by atoms with Crippen LogP contribution in [0.1, 0.15) is 25.7 Å². The third-order valence-corrected chi connectivity index (χ3v) is 5.49. The van der Waals surface area contributed by atoms with Crippen LogP contribution in [-0.4, -0.2) is 32.5 Å². The van der Waals surface area contributed by atoms with Crippen LogP contribution in [0.5, 0.6) is 0 Å².